The highest BCUT2D eigenvalue weighted by molar-refractivity contribution is 7.85. The largest absolute Gasteiger partial charge is 0.496 e. The van der Waals surface area contributed by atoms with Crippen molar-refractivity contribution in [3.63, 3.8) is 0 Å². The van der Waals surface area contributed by atoms with Crippen LogP contribution in [0.3, 0.4) is 0 Å². The minimum absolute atomic E-state index is 0.309. The summed E-state index contributed by atoms with van der Waals surface area (Å²) in [5, 5.41) is 7.08. The maximum Gasteiger partial charge on any atom is 0.191 e. The predicted molar refractivity (Wildman–Crippen MR) is 112 cm³/mol. The standard InChI is InChI=1S/C20H33N3O3S/c1-4-27(24)18-10-7-9-17(14-18)23-20(21-2)22-12-13-26-15-16-8-5-6-11-19(16)25-3/h5-6,8,11,17-18H,4,7,9-10,12-15H2,1-3H3,(H2,21,22,23). The van der Waals surface area contributed by atoms with Crippen molar-refractivity contribution in [2.45, 2.75) is 50.5 Å². The highest BCUT2D eigenvalue weighted by Gasteiger charge is 2.25. The van der Waals surface area contributed by atoms with E-state index in [1.54, 1.807) is 14.2 Å². The fourth-order valence-corrected chi connectivity index (χ4v) is 4.73. The summed E-state index contributed by atoms with van der Waals surface area (Å²) in [6, 6.07) is 8.21. The van der Waals surface area contributed by atoms with Crippen molar-refractivity contribution in [3.05, 3.63) is 29.8 Å². The van der Waals surface area contributed by atoms with Crippen molar-refractivity contribution in [2.24, 2.45) is 4.99 Å². The molecule has 0 amide bonds. The lowest BCUT2D eigenvalue weighted by Crippen LogP contribution is -2.47. The number of aliphatic imine (C=N–C) groups is 1. The van der Waals surface area contributed by atoms with E-state index in [1.807, 2.05) is 31.2 Å². The quantitative estimate of drug-likeness (QED) is 0.382. The zero-order valence-electron chi connectivity index (χ0n) is 16.7. The van der Waals surface area contributed by atoms with Crippen LogP contribution in [-0.2, 0) is 22.1 Å². The smallest absolute Gasteiger partial charge is 0.191 e. The lowest BCUT2D eigenvalue weighted by Gasteiger charge is -2.30. The molecule has 2 rings (SSSR count). The van der Waals surface area contributed by atoms with E-state index < -0.39 is 10.8 Å². The van der Waals surface area contributed by atoms with Gasteiger partial charge in [-0.2, -0.15) is 0 Å². The van der Waals surface area contributed by atoms with Crippen LogP contribution in [0.1, 0.15) is 38.2 Å². The van der Waals surface area contributed by atoms with Crippen LogP contribution in [0.15, 0.2) is 29.3 Å². The third-order valence-corrected chi connectivity index (χ3v) is 6.58. The van der Waals surface area contributed by atoms with Gasteiger partial charge in [0.1, 0.15) is 5.75 Å². The minimum Gasteiger partial charge on any atom is -0.496 e. The van der Waals surface area contributed by atoms with Crippen molar-refractivity contribution in [2.75, 3.05) is 33.1 Å². The topological polar surface area (TPSA) is 72.0 Å². The summed E-state index contributed by atoms with van der Waals surface area (Å²) in [6.07, 6.45) is 4.24. The van der Waals surface area contributed by atoms with Gasteiger partial charge in [0, 0.05) is 47.0 Å². The van der Waals surface area contributed by atoms with Gasteiger partial charge in [-0.15, -0.1) is 0 Å². The fourth-order valence-electron chi connectivity index (χ4n) is 3.38. The second-order valence-electron chi connectivity index (χ2n) is 6.66. The Labute approximate surface area is 165 Å². The molecule has 0 aromatic heterocycles. The molecule has 1 aliphatic rings. The highest BCUT2D eigenvalue weighted by atomic mass is 32.2. The Kier molecular flexibility index (Phi) is 9.62. The first-order valence-electron chi connectivity index (χ1n) is 9.71. The molecule has 27 heavy (non-hydrogen) atoms. The molecule has 0 aliphatic heterocycles. The van der Waals surface area contributed by atoms with Gasteiger partial charge < -0.3 is 20.1 Å². The molecule has 1 saturated carbocycles. The van der Waals surface area contributed by atoms with Crippen LogP contribution in [0, 0.1) is 0 Å². The Morgan fingerprint density at radius 1 is 1.33 bits per heavy atom. The first kappa shape index (κ1) is 21.7. The van der Waals surface area contributed by atoms with E-state index in [1.165, 1.54) is 0 Å². The van der Waals surface area contributed by atoms with Gasteiger partial charge in [-0.25, -0.2) is 0 Å². The number of rotatable bonds is 9. The normalized spacial score (nSPS) is 21.5. The highest BCUT2D eigenvalue weighted by Crippen LogP contribution is 2.23. The summed E-state index contributed by atoms with van der Waals surface area (Å²) in [5.74, 6) is 2.37. The Morgan fingerprint density at radius 2 is 2.15 bits per heavy atom. The number of benzene rings is 1. The van der Waals surface area contributed by atoms with E-state index in [2.05, 4.69) is 15.6 Å². The Morgan fingerprint density at radius 3 is 2.89 bits per heavy atom. The number of guanidine groups is 1. The summed E-state index contributed by atoms with van der Waals surface area (Å²) >= 11 is 0. The molecule has 152 valence electrons. The van der Waals surface area contributed by atoms with E-state index in [9.17, 15) is 4.21 Å². The summed E-state index contributed by atoms with van der Waals surface area (Å²) in [7, 11) is 2.73. The number of nitrogens with one attached hydrogen (secondary N) is 2. The van der Waals surface area contributed by atoms with E-state index >= 15 is 0 Å². The third kappa shape index (κ3) is 7.14. The van der Waals surface area contributed by atoms with Gasteiger partial charge in [-0.3, -0.25) is 9.20 Å². The summed E-state index contributed by atoms with van der Waals surface area (Å²) in [5.41, 5.74) is 1.04. The van der Waals surface area contributed by atoms with Crippen LogP contribution >= 0.6 is 0 Å². The molecule has 0 radical (unpaired) electrons. The van der Waals surface area contributed by atoms with Gasteiger partial charge in [-0.05, 0) is 25.3 Å². The lowest BCUT2D eigenvalue weighted by atomic mass is 9.95. The average molecular weight is 396 g/mol. The molecule has 1 aliphatic carbocycles. The van der Waals surface area contributed by atoms with Crippen molar-refractivity contribution < 1.29 is 13.7 Å². The van der Waals surface area contributed by atoms with Crippen molar-refractivity contribution in [1.82, 2.24) is 10.6 Å². The monoisotopic (exact) mass is 395 g/mol. The van der Waals surface area contributed by atoms with Crippen molar-refractivity contribution in [3.8, 4) is 5.75 Å². The van der Waals surface area contributed by atoms with Crippen molar-refractivity contribution in [1.29, 1.82) is 0 Å². The van der Waals surface area contributed by atoms with Gasteiger partial charge in [-0.1, -0.05) is 31.5 Å². The lowest BCUT2D eigenvalue weighted by molar-refractivity contribution is 0.123. The van der Waals surface area contributed by atoms with Crippen LogP contribution in [0.4, 0.5) is 0 Å². The SMILES string of the molecule is CCS(=O)C1CCCC(NC(=NC)NCCOCc2ccccc2OC)C1. The fraction of sp³-hybridized carbons (Fsp3) is 0.650. The first-order valence-corrected chi connectivity index (χ1v) is 11.1. The van der Waals surface area contributed by atoms with Gasteiger partial charge >= 0.3 is 0 Å². The van der Waals surface area contributed by atoms with Gasteiger partial charge in [0.2, 0.25) is 0 Å². The molecule has 0 saturated heterocycles. The summed E-state index contributed by atoms with van der Waals surface area (Å²) < 4.78 is 23.2. The molecule has 0 heterocycles. The van der Waals surface area contributed by atoms with Crippen LogP contribution in [0.25, 0.3) is 0 Å². The van der Waals surface area contributed by atoms with E-state index in [0.717, 1.165) is 48.7 Å². The molecule has 1 fully saturated rings. The summed E-state index contributed by atoms with van der Waals surface area (Å²) in [4.78, 5) is 4.30. The molecule has 2 N–H and O–H groups in total. The number of hydrogen-bond acceptors (Lipinski definition) is 4. The molecule has 3 unspecified atom stereocenters. The third-order valence-electron chi connectivity index (χ3n) is 4.84. The number of para-hydroxylation sites is 1. The van der Waals surface area contributed by atoms with Crippen LogP contribution < -0.4 is 15.4 Å². The summed E-state index contributed by atoms with van der Waals surface area (Å²) in [6.45, 7) is 3.77. The van der Waals surface area contributed by atoms with Crippen LogP contribution in [0.5, 0.6) is 5.75 Å². The zero-order chi connectivity index (χ0) is 19.5. The Bertz CT molecular complexity index is 624. The van der Waals surface area contributed by atoms with Crippen LogP contribution in [-0.4, -0.2) is 54.5 Å². The molecule has 1 aromatic carbocycles. The number of nitrogens with zero attached hydrogens (tertiary/aromatic N) is 1. The zero-order valence-corrected chi connectivity index (χ0v) is 17.5. The number of hydrogen-bond donors (Lipinski definition) is 2. The first-order chi connectivity index (χ1) is 13.2. The predicted octanol–water partition coefficient (Wildman–Crippen LogP) is 2.46. The molecule has 3 atom stereocenters. The van der Waals surface area contributed by atoms with Gasteiger partial charge in [0.25, 0.3) is 0 Å². The number of ether oxygens (including phenoxy) is 2. The van der Waals surface area contributed by atoms with E-state index in [0.29, 0.717) is 31.1 Å². The number of methoxy groups -OCH3 is 1. The van der Waals surface area contributed by atoms with Gasteiger partial charge in [0.05, 0.1) is 20.3 Å². The maximum atomic E-state index is 12.1. The molecule has 0 spiro atoms. The van der Waals surface area contributed by atoms with Crippen LogP contribution in [0.2, 0.25) is 0 Å². The van der Waals surface area contributed by atoms with Gasteiger partial charge in [0.15, 0.2) is 5.96 Å². The molecule has 0 bridgehead atoms. The van der Waals surface area contributed by atoms with Crippen molar-refractivity contribution >= 4 is 16.8 Å². The molecule has 7 heteroatoms. The Hall–Kier alpha value is -1.60. The molecule has 1 aromatic rings. The average Bonchev–Trinajstić information content (AvgIpc) is 2.72. The molecular formula is C20H33N3O3S. The van der Waals surface area contributed by atoms with E-state index in [-0.39, 0.29) is 0 Å². The maximum absolute atomic E-state index is 12.1. The minimum atomic E-state index is -0.711. The van der Waals surface area contributed by atoms with E-state index in [4.69, 9.17) is 9.47 Å². The molecular weight excluding hydrogens is 362 g/mol. The second kappa shape index (κ2) is 12.0. The molecule has 6 nitrogen and oxygen atoms in total. The Balaban J connectivity index is 1.69. The second-order valence-corrected chi connectivity index (χ2v) is 8.67.